The highest BCUT2D eigenvalue weighted by Crippen LogP contribution is 2.16. The van der Waals surface area contributed by atoms with Crippen LogP contribution in [0.1, 0.15) is 36.3 Å². The SMILES string of the molecule is Cc1ncsc1CCC(=O)NCC[C@@H]1CCCOC1. The molecule has 106 valence electrons. The molecule has 2 rings (SSSR count). The minimum absolute atomic E-state index is 0.143. The van der Waals surface area contributed by atoms with Gasteiger partial charge in [0.25, 0.3) is 0 Å². The summed E-state index contributed by atoms with van der Waals surface area (Å²) in [6.07, 6.45) is 4.78. The predicted octanol–water partition coefficient (Wildman–Crippen LogP) is 2.32. The maximum atomic E-state index is 11.7. The fourth-order valence-corrected chi connectivity index (χ4v) is 3.11. The van der Waals surface area contributed by atoms with Gasteiger partial charge in [-0.15, -0.1) is 11.3 Å². The maximum Gasteiger partial charge on any atom is 0.220 e. The Morgan fingerprint density at radius 1 is 1.63 bits per heavy atom. The smallest absolute Gasteiger partial charge is 0.220 e. The number of aromatic nitrogens is 1. The van der Waals surface area contributed by atoms with E-state index >= 15 is 0 Å². The third-order valence-corrected chi connectivity index (χ3v) is 4.55. The Morgan fingerprint density at radius 2 is 2.53 bits per heavy atom. The third kappa shape index (κ3) is 4.91. The molecule has 5 heteroatoms. The summed E-state index contributed by atoms with van der Waals surface area (Å²) < 4.78 is 5.43. The van der Waals surface area contributed by atoms with Crippen molar-refractivity contribution >= 4 is 17.2 Å². The van der Waals surface area contributed by atoms with Crippen LogP contribution in [0.4, 0.5) is 0 Å². The van der Waals surface area contributed by atoms with E-state index in [0.717, 1.165) is 44.7 Å². The third-order valence-electron chi connectivity index (χ3n) is 3.55. The monoisotopic (exact) mass is 282 g/mol. The zero-order valence-electron chi connectivity index (χ0n) is 11.5. The van der Waals surface area contributed by atoms with E-state index in [0.29, 0.717) is 12.3 Å². The molecule has 1 aromatic rings. The molecule has 0 bridgehead atoms. The number of hydrogen-bond acceptors (Lipinski definition) is 4. The molecule has 1 amide bonds. The molecular formula is C14H22N2O2S. The largest absolute Gasteiger partial charge is 0.381 e. The number of ether oxygens (including phenoxy) is 1. The summed E-state index contributed by atoms with van der Waals surface area (Å²) >= 11 is 1.63. The highest BCUT2D eigenvalue weighted by molar-refractivity contribution is 7.09. The fourth-order valence-electron chi connectivity index (χ4n) is 2.33. The number of amides is 1. The van der Waals surface area contributed by atoms with Crippen molar-refractivity contribution < 1.29 is 9.53 Å². The molecule has 0 saturated carbocycles. The summed E-state index contributed by atoms with van der Waals surface area (Å²) in [6.45, 7) is 4.52. The van der Waals surface area contributed by atoms with E-state index in [-0.39, 0.29) is 5.91 Å². The molecule has 1 atom stereocenters. The van der Waals surface area contributed by atoms with Gasteiger partial charge in [0.05, 0.1) is 11.2 Å². The number of carbonyl (C=O) groups excluding carboxylic acids is 1. The molecule has 1 fully saturated rings. The van der Waals surface area contributed by atoms with Crippen molar-refractivity contribution in [2.45, 2.75) is 39.0 Å². The second kappa shape index (κ2) is 7.60. The topological polar surface area (TPSA) is 51.2 Å². The van der Waals surface area contributed by atoms with Crippen molar-refractivity contribution in [1.82, 2.24) is 10.3 Å². The van der Waals surface area contributed by atoms with Gasteiger partial charge in [0.2, 0.25) is 5.91 Å². The minimum Gasteiger partial charge on any atom is -0.381 e. The van der Waals surface area contributed by atoms with Crippen LogP contribution in [-0.2, 0) is 16.0 Å². The van der Waals surface area contributed by atoms with Gasteiger partial charge in [-0.2, -0.15) is 0 Å². The molecule has 0 unspecified atom stereocenters. The number of thiazole rings is 1. The van der Waals surface area contributed by atoms with E-state index in [2.05, 4.69) is 10.3 Å². The first kappa shape index (κ1) is 14.5. The van der Waals surface area contributed by atoms with Gasteiger partial charge in [-0.3, -0.25) is 4.79 Å². The lowest BCUT2D eigenvalue weighted by atomic mass is 9.99. The van der Waals surface area contributed by atoms with Gasteiger partial charge in [0.15, 0.2) is 0 Å². The van der Waals surface area contributed by atoms with E-state index in [9.17, 15) is 4.79 Å². The summed E-state index contributed by atoms with van der Waals surface area (Å²) in [4.78, 5) is 17.1. The summed E-state index contributed by atoms with van der Waals surface area (Å²) in [6, 6.07) is 0. The average Bonchev–Trinajstić information content (AvgIpc) is 2.83. The number of rotatable bonds is 6. The molecule has 0 radical (unpaired) electrons. The average molecular weight is 282 g/mol. The number of aryl methyl sites for hydroxylation is 2. The zero-order valence-corrected chi connectivity index (χ0v) is 12.3. The van der Waals surface area contributed by atoms with Gasteiger partial charge in [-0.05, 0) is 38.5 Å². The molecule has 0 aliphatic carbocycles. The van der Waals surface area contributed by atoms with E-state index in [1.54, 1.807) is 11.3 Å². The fraction of sp³-hybridized carbons (Fsp3) is 0.714. The number of hydrogen-bond donors (Lipinski definition) is 1. The van der Waals surface area contributed by atoms with Crippen molar-refractivity contribution in [3.63, 3.8) is 0 Å². The van der Waals surface area contributed by atoms with Crippen molar-refractivity contribution in [3.8, 4) is 0 Å². The van der Waals surface area contributed by atoms with E-state index in [1.807, 2.05) is 12.4 Å². The Morgan fingerprint density at radius 3 is 3.21 bits per heavy atom. The van der Waals surface area contributed by atoms with Gasteiger partial charge in [0.1, 0.15) is 0 Å². The van der Waals surface area contributed by atoms with Crippen molar-refractivity contribution in [1.29, 1.82) is 0 Å². The molecule has 0 spiro atoms. The minimum atomic E-state index is 0.143. The van der Waals surface area contributed by atoms with Crippen molar-refractivity contribution in [3.05, 3.63) is 16.1 Å². The Hall–Kier alpha value is -0.940. The molecule has 2 heterocycles. The van der Waals surface area contributed by atoms with Gasteiger partial charge >= 0.3 is 0 Å². The molecule has 4 nitrogen and oxygen atoms in total. The highest BCUT2D eigenvalue weighted by atomic mass is 32.1. The zero-order chi connectivity index (χ0) is 13.5. The first-order valence-electron chi connectivity index (χ1n) is 6.99. The van der Waals surface area contributed by atoms with Gasteiger partial charge in [0, 0.05) is 31.1 Å². The predicted molar refractivity (Wildman–Crippen MR) is 76.3 cm³/mol. The van der Waals surface area contributed by atoms with Crippen molar-refractivity contribution in [2.75, 3.05) is 19.8 Å². The Kier molecular flexibility index (Phi) is 5.79. The van der Waals surface area contributed by atoms with Crippen LogP contribution in [-0.4, -0.2) is 30.6 Å². The second-order valence-electron chi connectivity index (χ2n) is 5.08. The summed E-state index contributed by atoms with van der Waals surface area (Å²) in [5.74, 6) is 0.766. The van der Waals surface area contributed by atoms with Crippen LogP contribution in [0.25, 0.3) is 0 Å². The second-order valence-corrected chi connectivity index (χ2v) is 6.02. The number of nitrogens with zero attached hydrogens (tertiary/aromatic N) is 1. The Balaban J connectivity index is 1.58. The van der Waals surface area contributed by atoms with Crippen LogP contribution in [0.3, 0.4) is 0 Å². The standard InChI is InChI=1S/C14H22N2O2S/c1-11-13(19-10-16-11)4-5-14(17)15-7-6-12-3-2-8-18-9-12/h10,12H,2-9H2,1H3,(H,15,17)/t12-/m0/s1. The lowest BCUT2D eigenvalue weighted by Crippen LogP contribution is -2.28. The molecule has 1 aliphatic rings. The van der Waals surface area contributed by atoms with Crippen LogP contribution in [0, 0.1) is 12.8 Å². The molecule has 1 N–H and O–H groups in total. The van der Waals surface area contributed by atoms with E-state index in [4.69, 9.17) is 4.74 Å². The molecule has 0 aromatic carbocycles. The number of carbonyl (C=O) groups is 1. The van der Waals surface area contributed by atoms with Crippen LogP contribution in [0.15, 0.2) is 5.51 Å². The molecule has 1 aromatic heterocycles. The molecule has 19 heavy (non-hydrogen) atoms. The lowest BCUT2D eigenvalue weighted by Gasteiger charge is -2.21. The van der Waals surface area contributed by atoms with Gasteiger partial charge in [-0.1, -0.05) is 0 Å². The van der Waals surface area contributed by atoms with E-state index in [1.165, 1.54) is 11.3 Å². The molecular weight excluding hydrogens is 260 g/mol. The molecule has 1 aliphatic heterocycles. The van der Waals surface area contributed by atoms with Crippen LogP contribution in [0.5, 0.6) is 0 Å². The maximum absolute atomic E-state index is 11.7. The normalized spacial score (nSPS) is 19.3. The Labute approximate surface area is 118 Å². The van der Waals surface area contributed by atoms with Crippen LogP contribution in [0.2, 0.25) is 0 Å². The van der Waals surface area contributed by atoms with Crippen molar-refractivity contribution in [2.24, 2.45) is 5.92 Å². The Bertz CT molecular complexity index is 400. The van der Waals surface area contributed by atoms with E-state index < -0.39 is 0 Å². The lowest BCUT2D eigenvalue weighted by molar-refractivity contribution is -0.121. The first-order chi connectivity index (χ1) is 9.25. The quantitative estimate of drug-likeness (QED) is 0.871. The highest BCUT2D eigenvalue weighted by Gasteiger charge is 2.13. The van der Waals surface area contributed by atoms with Crippen LogP contribution >= 0.6 is 11.3 Å². The summed E-state index contributed by atoms with van der Waals surface area (Å²) in [5.41, 5.74) is 2.89. The van der Waals surface area contributed by atoms with Gasteiger partial charge < -0.3 is 10.1 Å². The van der Waals surface area contributed by atoms with Gasteiger partial charge in [-0.25, -0.2) is 4.98 Å². The summed E-state index contributed by atoms with van der Waals surface area (Å²) in [5, 5.41) is 3.00. The molecule has 1 saturated heterocycles. The van der Waals surface area contributed by atoms with Crippen LogP contribution < -0.4 is 5.32 Å². The number of nitrogens with one attached hydrogen (secondary N) is 1. The first-order valence-corrected chi connectivity index (χ1v) is 7.87. The summed E-state index contributed by atoms with van der Waals surface area (Å²) in [7, 11) is 0.